The first kappa shape index (κ1) is 16.9. The van der Waals surface area contributed by atoms with E-state index in [1.807, 2.05) is 20.8 Å². The Morgan fingerprint density at radius 3 is 2.50 bits per heavy atom. The van der Waals surface area contributed by atoms with Crippen LogP contribution in [0.2, 0.25) is 0 Å². The summed E-state index contributed by atoms with van der Waals surface area (Å²) < 4.78 is 5.36. The summed E-state index contributed by atoms with van der Waals surface area (Å²) >= 11 is 0. The van der Waals surface area contributed by atoms with E-state index in [0.717, 1.165) is 0 Å². The minimum atomic E-state index is -0.498. The molecule has 134 valence electrons. The second kappa shape index (κ2) is 6.14. The van der Waals surface area contributed by atoms with E-state index in [1.165, 1.54) is 0 Å². The Hall–Kier alpha value is -1.99. The molecule has 2 heterocycles. The zero-order valence-electron chi connectivity index (χ0n) is 14.5. The lowest BCUT2D eigenvalue weighted by atomic mass is 10.2. The van der Waals surface area contributed by atoms with Crippen molar-refractivity contribution in [2.24, 2.45) is 17.8 Å². The minimum Gasteiger partial charge on any atom is -0.444 e. The first-order valence-electron chi connectivity index (χ1n) is 8.55. The summed E-state index contributed by atoms with van der Waals surface area (Å²) in [7, 11) is 0. The maximum Gasteiger partial charge on any atom is 0.410 e. The third-order valence-corrected chi connectivity index (χ3v) is 4.77. The Labute approximate surface area is 141 Å². The average molecular weight is 338 g/mol. The van der Waals surface area contributed by atoms with E-state index in [0.29, 0.717) is 39.3 Å². The van der Waals surface area contributed by atoms with Crippen LogP contribution in [0.3, 0.4) is 0 Å². The topological polar surface area (TPSA) is 91.0 Å². The highest BCUT2D eigenvalue weighted by Gasteiger charge is 2.60. The maximum atomic E-state index is 12.2. The maximum absolute atomic E-state index is 12.2. The second-order valence-electron chi connectivity index (χ2n) is 7.75. The normalized spacial score (nSPS) is 28.5. The van der Waals surface area contributed by atoms with Crippen LogP contribution in [-0.4, -0.2) is 72.7 Å². The molecule has 24 heavy (non-hydrogen) atoms. The van der Waals surface area contributed by atoms with Gasteiger partial charge in [-0.25, -0.2) is 9.59 Å². The van der Waals surface area contributed by atoms with Gasteiger partial charge in [0.15, 0.2) is 0 Å². The predicted octanol–water partition coefficient (Wildman–Crippen LogP) is 0.241. The fourth-order valence-electron chi connectivity index (χ4n) is 3.55. The molecule has 1 saturated carbocycles. The number of carbonyl (C=O) groups excluding carboxylic acids is 3. The van der Waals surface area contributed by atoms with Crippen molar-refractivity contribution >= 4 is 18.0 Å². The number of likely N-dealkylation sites (tertiary alicyclic amines) is 1. The lowest BCUT2D eigenvalue weighted by Gasteiger charge is -2.25. The van der Waals surface area contributed by atoms with E-state index in [1.54, 1.807) is 9.80 Å². The number of amides is 4. The molecule has 0 spiro atoms. The SMILES string of the molecule is CC(C)(C)OC(=O)N1C[C@@H]2C(C(=O)NCCN3CCNC3=O)[C@@H]2C1. The lowest BCUT2D eigenvalue weighted by Crippen LogP contribution is -2.40. The van der Waals surface area contributed by atoms with Crippen LogP contribution in [0.15, 0.2) is 0 Å². The van der Waals surface area contributed by atoms with Crippen LogP contribution in [-0.2, 0) is 9.53 Å². The summed E-state index contributed by atoms with van der Waals surface area (Å²) in [6.45, 7) is 9.07. The molecule has 2 saturated heterocycles. The largest absolute Gasteiger partial charge is 0.444 e. The van der Waals surface area contributed by atoms with Crippen molar-refractivity contribution in [3.8, 4) is 0 Å². The van der Waals surface area contributed by atoms with Crippen molar-refractivity contribution in [2.75, 3.05) is 39.3 Å². The van der Waals surface area contributed by atoms with Crippen molar-refractivity contribution in [1.82, 2.24) is 20.4 Å². The van der Waals surface area contributed by atoms with Crippen LogP contribution < -0.4 is 10.6 Å². The van der Waals surface area contributed by atoms with Crippen LogP contribution in [0.4, 0.5) is 9.59 Å². The smallest absolute Gasteiger partial charge is 0.410 e. The van der Waals surface area contributed by atoms with Gasteiger partial charge in [0.05, 0.1) is 0 Å². The highest BCUT2D eigenvalue weighted by molar-refractivity contribution is 5.83. The molecule has 4 amide bonds. The van der Waals surface area contributed by atoms with E-state index >= 15 is 0 Å². The fraction of sp³-hybridized carbons (Fsp3) is 0.812. The fourth-order valence-corrected chi connectivity index (χ4v) is 3.55. The molecule has 2 N–H and O–H groups in total. The predicted molar refractivity (Wildman–Crippen MR) is 86.3 cm³/mol. The number of fused-ring (bicyclic) bond motifs is 1. The molecule has 0 aromatic heterocycles. The molecule has 3 rings (SSSR count). The van der Waals surface area contributed by atoms with Gasteiger partial charge in [0.1, 0.15) is 5.60 Å². The van der Waals surface area contributed by atoms with Crippen molar-refractivity contribution in [3.05, 3.63) is 0 Å². The zero-order valence-corrected chi connectivity index (χ0v) is 14.5. The van der Waals surface area contributed by atoms with E-state index in [9.17, 15) is 14.4 Å². The minimum absolute atomic E-state index is 0.00362. The van der Waals surface area contributed by atoms with Crippen molar-refractivity contribution in [1.29, 1.82) is 0 Å². The molecule has 8 nitrogen and oxygen atoms in total. The number of carbonyl (C=O) groups is 3. The summed E-state index contributed by atoms with van der Waals surface area (Å²) in [6.07, 6.45) is -0.297. The van der Waals surface area contributed by atoms with Gasteiger partial charge in [-0.15, -0.1) is 0 Å². The first-order valence-corrected chi connectivity index (χ1v) is 8.55. The van der Waals surface area contributed by atoms with E-state index < -0.39 is 5.60 Å². The van der Waals surface area contributed by atoms with Crippen LogP contribution in [0.1, 0.15) is 20.8 Å². The van der Waals surface area contributed by atoms with Crippen LogP contribution in [0, 0.1) is 17.8 Å². The Balaban J connectivity index is 1.37. The van der Waals surface area contributed by atoms with E-state index in [2.05, 4.69) is 10.6 Å². The molecule has 3 atom stereocenters. The Kier molecular flexibility index (Phi) is 4.31. The molecule has 3 aliphatic rings. The average Bonchev–Trinajstić information content (AvgIpc) is 2.82. The molecular weight excluding hydrogens is 312 g/mol. The number of urea groups is 1. The number of ether oxygens (including phenoxy) is 1. The van der Waals surface area contributed by atoms with E-state index in [4.69, 9.17) is 4.74 Å². The second-order valence-corrected chi connectivity index (χ2v) is 7.75. The molecule has 2 aliphatic heterocycles. The van der Waals surface area contributed by atoms with Crippen LogP contribution in [0.5, 0.6) is 0 Å². The van der Waals surface area contributed by atoms with Crippen LogP contribution >= 0.6 is 0 Å². The molecule has 1 aliphatic carbocycles. The zero-order chi connectivity index (χ0) is 17.5. The van der Waals surface area contributed by atoms with Gasteiger partial charge in [-0.2, -0.15) is 0 Å². The van der Waals surface area contributed by atoms with Gasteiger partial charge < -0.3 is 25.2 Å². The van der Waals surface area contributed by atoms with Gasteiger partial charge in [0, 0.05) is 45.2 Å². The van der Waals surface area contributed by atoms with Gasteiger partial charge in [0.2, 0.25) is 5.91 Å². The third kappa shape index (κ3) is 3.57. The lowest BCUT2D eigenvalue weighted by molar-refractivity contribution is -0.123. The molecule has 0 bridgehead atoms. The molecular formula is C16H26N4O4. The number of hydrogen-bond donors (Lipinski definition) is 2. The highest BCUT2D eigenvalue weighted by Crippen LogP contribution is 2.51. The Morgan fingerprint density at radius 2 is 1.96 bits per heavy atom. The molecule has 8 heteroatoms. The van der Waals surface area contributed by atoms with Crippen molar-refractivity contribution in [3.63, 3.8) is 0 Å². The summed E-state index contributed by atoms with van der Waals surface area (Å²) in [5.41, 5.74) is -0.498. The number of piperidine rings is 1. The van der Waals surface area contributed by atoms with Gasteiger partial charge >= 0.3 is 12.1 Å². The monoisotopic (exact) mass is 338 g/mol. The van der Waals surface area contributed by atoms with Gasteiger partial charge in [0.25, 0.3) is 0 Å². The first-order chi connectivity index (χ1) is 11.3. The number of nitrogens with zero attached hydrogens (tertiary/aromatic N) is 2. The quantitative estimate of drug-likeness (QED) is 0.768. The highest BCUT2D eigenvalue weighted by atomic mass is 16.6. The number of rotatable bonds is 4. The molecule has 3 fully saturated rings. The van der Waals surface area contributed by atoms with Crippen LogP contribution in [0.25, 0.3) is 0 Å². The number of hydrogen-bond acceptors (Lipinski definition) is 4. The third-order valence-electron chi connectivity index (χ3n) is 4.77. The molecule has 0 aromatic carbocycles. The number of nitrogens with one attached hydrogen (secondary N) is 2. The summed E-state index contributed by atoms with van der Waals surface area (Å²) in [4.78, 5) is 39.0. The summed E-state index contributed by atoms with van der Waals surface area (Å²) in [5, 5.41) is 5.64. The summed E-state index contributed by atoms with van der Waals surface area (Å²) in [6, 6.07) is -0.0689. The Morgan fingerprint density at radius 1 is 1.29 bits per heavy atom. The van der Waals surface area contributed by atoms with E-state index in [-0.39, 0.29) is 35.8 Å². The van der Waals surface area contributed by atoms with Gasteiger partial charge in [-0.05, 0) is 32.6 Å². The van der Waals surface area contributed by atoms with Crippen molar-refractivity contribution in [2.45, 2.75) is 26.4 Å². The standard InChI is InChI=1S/C16H26N4O4/c1-16(2,3)24-15(23)20-8-10-11(9-20)12(10)13(21)17-4-6-19-7-5-18-14(19)22/h10-12H,4-9H2,1-3H3,(H,17,21)(H,18,22)/t10-,11+,12?. The molecule has 1 unspecified atom stereocenters. The van der Waals surface area contributed by atoms with Crippen molar-refractivity contribution < 1.29 is 19.1 Å². The summed E-state index contributed by atoms with van der Waals surface area (Å²) in [5.74, 6) is 0.518. The Bertz CT molecular complexity index is 533. The molecule has 0 aromatic rings. The molecule has 0 radical (unpaired) electrons. The van der Waals surface area contributed by atoms with Gasteiger partial charge in [-0.1, -0.05) is 0 Å². The van der Waals surface area contributed by atoms with Gasteiger partial charge in [-0.3, -0.25) is 4.79 Å².